The smallest absolute Gasteiger partial charge is 0.243 e. The van der Waals surface area contributed by atoms with Gasteiger partial charge in [0.05, 0.1) is 11.3 Å². The first-order valence-electron chi connectivity index (χ1n) is 10.5. The molecule has 0 saturated carbocycles. The zero-order valence-corrected chi connectivity index (χ0v) is 18.6. The van der Waals surface area contributed by atoms with Crippen LogP contribution in [0.5, 0.6) is 0 Å². The number of anilines is 1. The van der Waals surface area contributed by atoms with E-state index in [2.05, 4.69) is 43.0 Å². The van der Waals surface area contributed by atoms with Gasteiger partial charge in [0.1, 0.15) is 0 Å². The zero-order chi connectivity index (χ0) is 21.5. The third-order valence-corrected chi connectivity index (χ3v) is 8.16. The molecule has 2 heterocycles. The topological polar surface area (TPSA) is 60.9 Å². The Morgan fingerprint density at radius 3 is 2.33 bits per heavy atom. The summed E-state index contributed by atoms with van der Waals surface area (Å²) >= 11 is 0. The van der Waals surface area contributed by atoms with Gasteiger partial charge in [-0.3, -0.25) is 9.69 Å². The Morgan fingerprint density at radius 1 is 1.00 bits per heavy atom. The number of rotatable bonds is 5. The van der Waals surface area contributed by atoms with Crippen LogP contribution in [0.2, 0.25) is 0 Å². The summed E-state index contributed by atoms with van der Waals surface area (Å²) in [5.74, 6) is -0.00572. The molecule has 0 aliphatic carbocycles. The number of piperazine rings is 1. The van der Waals surface area contributed by atoms with Crippen LogP contribution in [-0.2, 0) is 27.7 Å². The second-order valence-electron chi connectivity index (χ2n) is 8.41. The minimum Gasteiger partial charge on any atom is -0.315 e. The number of likely N-dealkylation sites (N-methyl/N-ethyl adjacent to an activating group) is 1. The summed E-state index contributed by atoms with van der Waals surface area (Å²) in [5, 5.41) is 0. The Labute approximate surface area is 179 Å². The lowest BCUT2D eigenvalue weighted by Gasteiger charge is -2.43. The van der Waals surface area contributed by atoms with Crippen LogP contribution >= 0.6 is 0 Å². The fourth-order valence-corrected chi connectivity index (χ4v) is 6.26. The fourth-order valence-electron chi connectivity index (χ4n) is 4.60. The van der Waals surface area contributed by atoms with Crippen molar-refractivity contribution in [3.63, 3.8) is 0 Å². The second kappa shape index (κ2) is 8.13. The molecular weight excluding hydrogens is 398 g/mol. The molecule has 0 bridgehead atoms. The summed E-state index contributed by atoms with van der Waals surface area (Å²) in [6, 6.07) is 15.7. The molecule has 0 spiro atoms. The van der Waals surface area contributed by atoms with Crippen LogP contribution in [0.1, 0.15) is 25.0 Å². The molecular formula is C23H29N3O3S. The minimum atomic E-state index is -3.60. The Morgan fingerprint density at radius 2 is 1.67 bits per heavy atom. The van der Waals surface area contributed by atoms with Gasteiger partial charge in [-0.25, -0.2) is 8.42 Å². The number of nitrogens with zero attached hydrogens (tertiary/aromatic N) is 3. The number of benzene rings is 2. The number of fused-ring (bicyclic) bond motifs is 1. The number of sulfonamides is 1. The zero-order valence-electron chi connectivity index (χ0n) is 17.8. The SMILES string of the molecule is CC1CN(S(=O)(=O)c2ccc3c(c2)CC(=O)N3C)CC(C)N1CCc1ccccc1. The van der Waals surface area contributed by atoms with Crippen molar-refractivity contribution in [3.05, 3.63) is 59.7 Å². The van der Waals surface area contributed by atoms with Crippen LogP contribution in [-0.4, -0.2) is 62.3 Å². The molecule has 0 radical (unpaired) electrons. The van der Waals surface area contributed by atoms with Crippen molar-refractivity contribution in [3.8, 4) is 0 Å². The minimum absolute atomic E-state index is 0.00572. The van der Waals surface area contributed by atoms with Crippen molar-refractivity contribution < 1.29 is 13.2 Å². The van der Waals surface area contributed by atoms with E-state index in [1.165, 1.54) is 5.56 Å². The van der Waals surface area contributed by atoms with Gasteiger partial charge in [0.2, 0.25) is 15.9 Å². The highest BCUT2D eigenvalue weighted by molar-refractivity contribution is 7.89. The molecule has 160 valence electrons. The van der Waals surface area contributed by atoms with Crippen LogP contribution in [0.3, 0.4) is 0 Å². The Bertz CT molecular complexity index is 1030. The lowest BCUT2D eigenvalue weighted by molar-refractivity contribution is -0.117. The molecule has 0 aromatic heterocycles. The summed E-state index contributed by atoms with van der Waals surface area (Å²) in [7, 11) is -1.88. The second-order valence-corrected chi connectivity index (χ2v) is 10.4. The van der Waals surface area contributed by atoms with Gasteiger partial charge in [-0.05, 0) is 49.6 Å². The van der Waals surface area contributed by atoms with Crippen molar-refractivity contribution in [2.75, 3.05) is 31.6 Å². The van der Waals surface area contributed by atoms with E-state index in [4.69, 9.17) is 0 Å². The number of amides is 1. The van der Waals surface area contributed by atoms with Gasteiger partial charge in [0.15, 0.2) is 0 Å². The molecule has 2 aliphatic heterocycles. The van der Waals surface area contributed by atoms with Gasteiger partial charge >= 0.3 is 0 Å². The average molecular weight is 428 g/mol. The Hall–Kier alpha value is -2.22. The molecule has 2 atom stereocenters. The number of hydrogen-bond donors (Lipinski definition) is 0. The van der Waals surface area contributed by atoms with E-state index < -0.39 is 10.0 Å². The van der Waals surface area contributed by atoms with E-state index in [0.717, 1.165) is 24.2 Å². The van der Waals surface area contributed by atoms with Crippen LogP contribution < -0.4 is 4.90 Å². The first kappa shape index (κ1) is 21.0. The standard InChI is InChI=1S/C23H29N3O3S/c1-17-15-25(16-18(2)26(17)12-11-19-7-5-4-6-8-19)30(28,29)21-9-10-22-20(13-21)14-23(27)24(22)3/h4-10,13,17-18H,11-12,14-16H2,1-3H3. The molecule has 0 N–H and O–H groups in total. The Balaban J connectivity index is 1.48. The number of carbonyl (C=O) groups excluding carboxylic acids is 1. The van der Waals surface area contributed by atoms with Crippen molar-refractivity contribution >= 4 is 21.6 Å². The van der Waals surface area contributed by atoms with Crippen molar-refractivity contribution in [1.29, 1.82) is 0 Å². The van der Waals surface area contributed by atoms with Gasteiger partial charge in [-0.15, -0.1) is 0 Å². The van der Waals surface area contributed by atoms with Gasteiger partial charge in [0.25, 0.3) is 0 Å². The molecule has 30 heavy (non-hydrogen) atoms. The monoisotopic (exact) mass is 427 g/mol. The van der Waals surface area contributed by atoms with E-state index in [1.54, 1.807) is 34.5 Å². The van der Waals surface area contributed by atoms with Crippen molar-refractivity contribution in [2.24, 2.45) is 0 Å². The first-order valence-corrected chi connectivity index (χ1v) is 11.9. The molecule has 1 saturated heterocycles. The average Bonchev–Trinajstić information content (AvgIpc) is 3.01. The maximum absolute atomic E-state index is 13.3. The number of carbonyl (C=O) groups is 1. The van der Waals surface area contributed by atoms with Crippen LogP contribution in [0.15, 0.2) is 53.4 Å². The molecule has 2 aromatic rings. The molecule has 1 fully saturated rings. The maximum Gasteiger partial charge on any atom is 0.243 e. The quantitative estimate of drug-likeness (QED) is 0.736. The lowest BCUT2D eigenvalue weighted by Crippen LogP contribution is -2.58. The third kappa shape index (κ3) is 3.89. The predicted molar refractivity (Wildman–Crippen MR) is 118 cm³/mol. The van der Waals surface area contributed by atoms with Crippen molar-refractivity contribution in [2.45, 2.75) is 43.7 Å². The fraction of sp³-hybridized carbons (Fsp3) is 0.435. The van der Waals surface area contributed by atoms with Gasteiger partial charge < -0.3 is 4.90 Å². The summed E-state index contributed by atoms with van der Waals surface area (Å²) in [6.45, 7) is 6.04. The van der Waals surface area contributed by atoms with E-state index >= 15 is 0 Å². The van der Waals surface area contributed by atoms with Gasteiger partial charge in [-0.2, -0.15) is 4.31 Å². The lowest BCUT2D eigenvalue weighted by atomic mass is 10.1. The molecule has 6 nitrogen and oxygen atoms in total. The normalized spacial score (nSPS) is 23.0. The molecule has 4 rings (SSSR count). The van der Waals surface area contributed by atoms with E-state index in [9.17, 15) is 13.2 Å². The predicted octanol–water partition coefficient (Wildman–Crippen LogP) is 2.53. The largest absolute Gasteiger partial charge is 0.315 e. The van der Waals surface area contributed by atoms with E-state index in [1.807, 2.05) is 6.07 Å². The molecule has 2 aliphatic rings. The number of hydrogen-bond acceptors (Lipinski definition) is 4. The van der Waals surface area contributed by atoms with Crippen LogP contribution in [0, 0.1) is 0 Å². The highest BCUT2D eigenvalue weighted by atomic mass is 32.2. The highest BCUT2D eigenvalue weighted by Crippen LogP contribution is 2.31. The molecule has 7 heteroatoms. The van der Waals surface area contributed by atoms with Gasteiger partial charge in [-0.1, -0.05) is 30.3 Å². The highest BCUT2D eigenvalue weighted by Gasteiger charge is 2.36. The van der Waals surface area contributed by atoms with Crippen LogP contribution in [0.25, 0.3) is 0 Å². The summed E-state index contributed by atoms with van der Waals surface area (Å²) in [4.78, 5) is 16.2. The van der Waals surface area contributed by atoms with Gasteiger partial charge in [0, 0.05) is 44.5 Å². The molecule has 2 aromatic carbocycles. The summed E-state index contributed by atoms with van der Waals surface area (Å²) < 4.78 is 28.3. The first-order chi connectivity index (χ1) is 14.3. The van der Waals surface area contributed by atoms with E-state index in [0.29, 0.717) is 13.1 Å². The van der Waals surface area contributed by atoms with E-state index in [-0.39, 0.29) is 29.3 Å². The third-order valence-electron chi connectivity index (χ3n) is 6.34. The Kier molecular flexibility index (Phi) is 5.70. The maximum atomic E-state index is 13.3. The summed E-state index contributed by atoms with van der Waals surface area (Å²) in [5.41, 5.74) is 2.88. The molecule has 1 amide bonds. The van der Waals surface area contributed by atoms with Crippen molar-refractivity contribution in [1.82, 2.24) is 9.21 Å². The van der Waals surface area contributed by atoms with Crippen LogP contribution in [0.4, 0.5) is 5.69 Å². The summed E-state index contributed by atoms with van der Waals surface area (Å²) in [6.07, 6.45) is 1.21. The molecule has 2 unspecified atom stereocenters.